The van der Waals surface area contributed by atoms with Crippen molar-refractivity contribution in [3.8, 4) is 5.75 Å². The summed E-state index contributed by atoms with van der Waals surface area (Å²) < 4.78 is 34.4. The number of nitrogens with one attached hydrogen (secondary N) is 1. The lowest BCUT2D eigenvalue weighted by molar-refractivity contribution is -0.139. The number of hydrogen-bond donors (Lipinski definition) is 1. The third kappa shape index (κ3) is 8.16. The number of hydrogen-bond acceptors (Lipinski definition) is 5. The van der Waals surface area contributed by atoms with E-state index in [4.69, 9.17) is 4.74 Å². The average molecular weight is 606 g/mol. The number of rotatable bonds is 12. The van der Waals surface area contributed by atoms with Crippen molar-refractivity contribution in [2.75, 3.05) is 18.0 Å². The minimum atomic E-state index is -4.10. The monoisotopic (exact) mass is 605 g/mol. The van der Waals surface area contributed by atoms with Gasteiger partial charge in [0, 0.05) is 12.6 Å². The number of sulfonamides is 1. The van der Waals surface area contributed by atoms with E-state index in [0.717, 1.165) is 47.5 Å². The second-order valence-corrected chi connectivity index (χ2v) is 13.3. The second-order valence-electron chi connectivity index (χ2n) is 11.5. The third-order valence-corrected chi connectivity index (χ3v) is 9.88. The molecular weight excluding hydrogens is 562 g/mol. The van der Waals surface area contributed by atoms with Crippen molar-refractivity contribution in [2.24, 2.45) is 0 Å². The highest BCUT2D eigenvalue weighted by atomic mass is 32.2. The van der Waals surface area contributed by atoms with Crippen molar-refractivity contribution >= 4 is 27.5 Å². The first kappa shape index (κ1) is 32.1. The van der Waals surface area contributed by atoms with Gasteiger partial charge in [0.15, 0.2) is 0 Å². The van der Waals surface area contributed by atoms with E-state index in [0.29, 0.717) is 11.4 Å². The molecule has 1 N–H and O–H groups in total. The summed E-state index contributed by atoms with van der Waals surface area (Å²) in [4.78, 5) is 29.2. The van der Waals surface area contributed by atoms with E-state index in [1.165, 1.54) is 17.0 Å². The van der Waals surface area contributed by atoms with E-state index in [1.54, 1.807) is 56.5 Å². The molecule has 0 spiro atoms. The van der Waals surface area contributed by atoms with Crippen LogP contribution in [0.15, 0.2) is 83.8 Å². The molecule has 3 aromatic carbocycles. The molecule has 230 valence electrons. The number of methoxy groups -OCH3 is 1. The molecular formula is C34H43N3O5S. The summed E-state index contributed by atoms with van der Waals surface area (Å²) in [6.45, 7) is 5.50. The zero-order valence-electron chi connectivity index (χ0n) is 25.5. The molecule has 1 saturated carbocycles. The Morgan fingerprint density at radius 3 is 2.09 bits per heavy atom. The number of benzene rings is 3. The molecule has 3 aromatic rings. The molecule has 0 bridgehead atoms. The zero-order chi connectivity index (χ0) is 31.0. The lowest BCUT2D eigenvalue weighted by atomic mass is 9.95. The van der Waals surface area contributed by atoms with Crippen LogP contribution in [-0.4, -0.2) is 50.9 Å². The number of ether oxygens (including phenoxy) is 1. The average Bonchev–Trinajstić information content (AvgIpc) is 3.03. The van der Waals surface area contributed by atoms with Crippen molar-refractivity contribution < 1.29 is 22.7 Å². The molecule has 1 aliphatic rings. The summed E-state index contributed by atoms with van der Waals surface area (Å²) in [6, 6.07) is 21.9. The summed E-state index contributed by atoms with van der Waals surface area (Å²) in [7, 11) is -2.52. The molecule has 0 aliphatic heterocycles. The van der Waals surface area contributed by atoms with Crippen LogP contribution in [0.3, 0.4) is 0 Å². The van der Waals surface area contributed by atoms with Crippen LogP contribution >= 0.6 is 0 Å². The van der Waals surface area contributed by atoms with Crippen molar-refractivity contribution in [3.05, 3.63) is 90.0 Å². The molecule has 0 radical (unpaired) electrons. The molecule has 9 heteroatoms. The standard InChI is InChI=1S/C34H43N3O5S/c1-25(2)28-17-19-30(20-18-28)37(43(40,41)32-13-9-6-10-14-32)24-33(38)36(23-27-15-21-31(42-4)22-16-27)26(3)34(39)35-29-11-7-5-8-12-29/h6,9-10,13-22,25-26,29H,5,7-8,11-12,23-24H2,1-4H3,(H,35,39)/t26-/m0/s1. The Labute approximate surface area is 256 Å². The van der Waals surface area contributed by atoms with Gasteiger partial charge >= 0.3 is 0 Å². The first-order valence-electron chi connectivity index (χ1n) is 15.0. The molecule has 4 rings (SSSR count). The Balaban J connectivity index is 1.67. The predicted molar refractivity (Wildman–Crippen MR) is 170 cm³/mol. The minimum Gasteiger partial charge on any atom is -0.497 e. The van der Waals surface area contributed by atoms with E-state index in [-0.39, 0.29) is 29.3 Å². The van der Waals surface area contributed by atoms with Crippen molar-refractivity contribution in [1.82, 2.24) is 10.2 Å². The fraction of sp³-hybridized carbons (Fsp3) is 0.412. The molecule has 1 aliphatic carbocycles. The van der Waals surface area contributed by atoms with Gasteiger partial charge in [0.2, 0.25) is 11.8 Å². The first-order chi connectivity index (χ1) is 20.6. The van der Waals surface area contributed by atoms with Gasteiger partial charge in [0.05, 0.1) is 17.7 Å². The van der Waals surface area contributed by atoms with Gasteiger partial charge in [-0.3, -0.25) is 13.9 Å². The Morgan fingerprint density at radius 2 is 1.51 bits per heavy atom. The van der Waals surface area contributed by atoms with Gasteiger partial charge in [-0.15, -0.1) is 0 Å². The highest BCUT2D eigenvalue weighted by Crippen LogP contribution is 2.27. The summed E-state index contributed by atoms with van der Waals surface area (Å²) in [5, 5.41) is 3.13. The van der Waals surface area contributed by atoms with Gasteiger partial charge < -0.3 is 15.0 Å². The highest BCUT2D eigenvalue weighted by Gasteiger charge is 2.33. The maximum absolute atomic E-state index is 14.2. The van der Waals surface area contributed by atoms with Crippen LogP contribution < -0.4 is 14.4 Å². The molecule has 2 amide bonds. The number of carbonyl (C=O) groups excluding carboxylic acids is 2. The molecule has 1 atom stereocenters. The van der Waals surface area contributed by atoms with Crippen LogP contribution in [0.1, 0.15) is 69.9 Å². The Hall–Kier alpha value is -3.85. The quantitative estimate of drug-likeness (QED) is 0.278. The number of nitrogens with zero attached hydrogens (tertiary/aromatic N) is 2. The maximum atomic E-state index is 14.2. The largest absolute Gasteiger partial charge is 0.497 e. The van der Waals surface area contributed by atoms with Crippen LogP contribution in [-0.2, 0) is 26.2 Å². The van der Waals surface area contributed by atoms with E-state index >= 15 is 0 Å². The van der Waals surface area contributed by atoms with Gasteiger partial charge in [-0.2, -0.15) is 0 Å². The van der Waals surface area contributed by atoms with Gasteiger partial charge in [0.1, 0.15) is 18.3 Å². The van der Waals surface area contributed by atoms with Crippen molar-refractivity contribution in [2.45, 2.75) is 82.3 Å². The van der Waals surface area contributed by atoms with Gasteiger partial charge in [-0.1, -0.05) is 75.6 Å². The van der Waals surface area contributed by atoms with Crippen LogP contribution in [0.25, 0.3) is 0 Å². The van der Waals surface area contributed by atoms with E-state index < -0.39 is 28.5 Å². The SMILES string of the molecule is COc1ccc(CN(C(=O)CN(c2ccc(C(C)C)cc2)S(=O)(=O)c2ccccc2)[C@@H](C)C(=O)NC2CCCCC2)cc1. The van der Waals surface area contributed by atoms with Gasteiger partial charge in [0.25, 0.3) is 10.0 Å². The molecule has 1 fully saturated rings. The zero-order valence-corrected chi connectivity index (χ0v) is 26.3. The number of amides is 2. The fourth-order valence-corrected chi connectivity index (χ4v) is 6.79. The molecule has 0 heterocycles. The van der Waals surface area contributed by atoms with Crippen molar-refractivity contribution in [1.29, 1.82) is 0 Å². The fourth-order valence-electron chi connectivity index (χ4n) is 5.35. The number of carbonyl (C=O) groups is 2. The van der Waals surface area contributed by atoms with Crippen LogP contribution in [0, 0.1) is 0 Å². The van der Waals surface area contributed by atoms with Crippen LogP contribution in [0.4, 0.5) is 5.69 Å². The summed E-state index contributed by atoms with van der Waals surface area (Å²) in [6.07, 6.45) is 5.13. The Bertz CT molecular complexity index is 1450. The van der Waals surface area contributed by atoms with Crippen LogP contribution in [0.5, 0.6) is 5.75 Å². The topological polar surface area (TPSA) is 96.0 Å². The van der Waals surface area contributed by atoms with E-state index in [9.17, 15) is 18.0 Å². The summed E-state index contributed by atoms with van der Waals surface area (Å²) >= 11 is 0. The van der Waals surface area contributed by atoms with Gasteiger partial charge in [-0.25, -0.2) is 8.42 Å². The lowest BCUT2D eigenvalue weighted by Crippen LogP contribution is -2.53. The predicted octanol–water partition coefficient (Wildman–Crippen LogP) is 5.88. The minimum absolute atomic E-state index is 0.0797. The number of anilines is 1. The first-order valence-corrected chi connectivity index (χ1v) is 16.4. The van der Waals surface area contributed by atoms with Crippen LogP contribution in [0.2, 0.25) is 0 Å². The van der Waals surface area contributed by atoms with E-state index in [2.05, 4.69) is 19.2 Å². The van der Waals surface area contributed by atoms with Gasteiger partial charge in [-0.05, 0) is 73.2 Å². The smallest absolute Gasteiger partial charge is 0.264 e. The molecule has 0 aromatic heterocycles. The Morgan fingerprint density at radius 1 is 0.884 bits per heavy atom. The normalized spacial score (nSPS) is 14.6. The molecule has 0 unspecified atom stereocenters. The summed E-state index contributed by atoms with van der Waals surface area (Å²) in [5.41, 5.74) is 2.23. The van der Waals surface area contributed by atoms with Crippen molar-refractivity contribution in [3.63, 3.8) is 0 Å². The molecule has 43 heavy (non-hydrogen) atoms. The molecule has 8 nitrogen and oxygen atoms in total. The lowest BCUT2D eigenvalue weighted by Gasteiger charge is -2.33. The summed E-state index contributed by atoms with van der Waals surface area (Å²) in [5.74, 6) is 0.218. The third-order valence-electron chi connectivity index (χ3n) is 8.09. The molecule has 0 saturated heterocycles. The maximum Gasteiger partial charge on any atom is 0.264 e. The second kappa shape index (κ2) is 14.6. The Kier molecular flexibility index (Phi) is 10.9. The highest BCUT2D eigenvalue weighted by molar-refractivity contribution is 7.92. The van der Waals surface area contributed by atoms with E-state index in [1.807, 2.05) is 24.3 Å².